The van der Waals surface area contributed by atoms with E-state index in [-0.39, 0.29) is 12.3 Å². The lowest BCUT2D eigenvalue weighted by Gasteiger charge is -2.29. The summed E-state index contributed by atoms with van der Waals surface area (Å²) in [6, 6.07) is 3.88. The second kappa shape index (κ2) is 7.44. The molecule has 128 valence electrons. The second-order valence-corrected chi connectivity index (χ2v) is 5.84. The van der Waals surface area contributed by atoms with Gasteiger partial charge in [0.05, 0.1) is 25.3 Å². The molecule has 3 heterocycles. The summed E-state index contributed by atoms with van der Waals surface area (Å²) in [5.74, 6) is 1.55. The standard InChI is InChI=1S/C17H22N4O3/c1-12-15(13(2)24-20-12)10-16(22)19-11-14-4-3-5-18-17(14)21-6-8-23-9-7-21/h3-5H,6-11H2,1-2H3,(H,19,22). The Kier molecular flexibility index (Phi) is 5.10. The Labute approximate surface area is 141 Å². The number of anilines is 1. The predicted molar refractivity (Wildman–Crippen MR) is 88.8 cm³/mol. The maximum absolute atomic E-state index is 12.2. The summed E-state index contributed by atoms with van der Waals surface area (Å²) in [5, 5.41) is 6.84. The largest absolute Gasteiger partial charge is 0.378 e. The average Bonchev–Trinajstić information content (AvgIpc) is 2.93. The number of hydrogen-bond donors (Lipinski definition) is 1. The molecule has 2 aromatic rings. The summed E-state index contributed by atoms with van der Waals surface area (Å²) < 4.78 is 10.5. The van der Waals surface area contributed by atoms with E-state index in [0.717, 1.165) is 35.7 Å². The van der Waals surface area contributed by atoms with E-state index in [2.05, 4.69) is 20.4 Å². The van der Waals surface area contributed by atoms with Crippen LogP contribution in [-0.2, 0) is 22.5 Å². The summed E-state index contributed by atoms with van der Waals surface area (Å²) >= 11 is 0. The molecular weight excluding hydrogens is 308 g/mol. The van der Waals surface area contributed by atoms with Gasteiger partial charge in [0.15, 0.2) is 0 Å². The quantitative estimate of drug-likeness (QED) is 0.892. The zero-order chi connectivity index (χ0) is 16.9. The van der Waals surface area contributed by atoms with Crippen molar-refractivity contribution in [2.24, 2.45) is 0 Å². The van der Waals surface area contributed by atoms with Gasteiger partial charge in [-0.15, -0.1) is 0 Å². The Morgan fingerprint density at radius 2 is 2.12 bits per heavy atom. The highest BCUT2D eigenvalue weighted by Gasteiger charge is 2.17. The minimum Gasteiger partial charge on any atom is -0.378 e. The van der Waals surface area contributed by atoms with Crippen LogP contribution in [0.2, 0.25) is 0 Å². The van der Waals surface area contributed by atoms with Crippen molar-refractivity contribution >= 4 is 11.7 Å². The van der Waals surface area contributed by atoms with E-state index in [0.29, 0.717) is 25.5 Å². The van der Waals surface area contributed by atoms with E-state index in [1.54, 1.807) is 6.20 Å². The summed E-state index contributed by atoms with van der Waals surface area (Å²) in [6.45, 7) is 7.15. The minimum absolute atomic E-state index is 0.0545. The molecule has 1 N–H and O–H groups in total. The maximum atomic E-state index is 12.2. The molecule has 0 bridgehead atoms. The fourth-order valence-corrected chi connectivity index (χ4v) is 2.80. The van der Waals surface area contributed by atoms with Crippen molar-refractivity contribution in [1.82, 2.24) is 15.5 Å². The molecule has 7 nitrogen and oxygen atoms in total. The van der Waals surface area contributed by atoms with Crippen LogP contribution in [0, 0.1) is 13.8 Å². The number of morpholine rings is 1. The lowest BCUT2D eigenvalue weighted by molar-refractivity contribution is -0.120. The van der Waals surface area contributed by atoms with Crippen LogP contribution in [0.15, 0.2) is 22.9 Å². The average molecular weight is 330 g/mol. The van der Waals surface area contributed by atoms with Crippen molar-refractivity contribution in [2.75, 3.05) is 31.2 Å². The van der Waals surface area contributed by atoms with Crippen molar-refractivity contribution < 1.29 is 14.1 Å². The highest BCUT2D eigenvalue weighted by molar-refractivity contribution is 5.79. The van der Waals surface area contributed by atoms with Crippen LogP contribution in [0.1, 0.15) is 22.6 Å². The van der Waals surface area contributed by atoms with E-state index in [9.17, 15) is 4.79 Å². The first-order chi connectivity index (χ1) is 11.6. The fraction of sp³-hybridized carbons (Fsp3) is 0.471. The first-order valence-electron chi connectivity index (χ1n) is 8.10. The Morgan fingerprint density at radius 3 is 2.83 bits per heavy atom. The van der Waals surface area contributed by atoms with Crippen LogP contribution in [0.5, 0.6) is 0 Å². The van der Waals surface area contributed by atoms with E-state index in [1.807, 2.05) is 26.0 Å². The number of carbonyl (C=O) groups is 1. The van der Waals surface area contributed by atoms with Gasteiger partial charge in [0, 0.05) is 37.0 Å². The second-order valence-electron chi connectivity index (χ2n) is 5.84. The number of nitrogens with zero attached hydrogens (tertiary/aromatic N) is 3. The van der Waals surface area contributed by atoms with E-state index < -0.39 is 0 Å². The van der Waals surface area contributed by atoms with Crippen LogP contribution >= 0.6 is 0 Å². The van der Waals surface area contributed by atoms with Crippen LogP contribution in [-0.4, -0.2) is 42.4 Å². The Hall–Kier alpha value is -2.41. The number of ether oxygens (including phenoxy) is 1. The zero-order valence-electron chi connectivity index (χ0n) is 14.0. The van der Waals surface area contributed by atoms with Crippen molar-refractivity contribution in [3.05, 3.63) is 40.9 Å². The highest BCUT2D eigenvalue weighted by atomic mass is 16.5. The highest BCUT2D eigenvalue weighted by Crippen LogP contribution is 2.18. The first kappa shape index (κ1) is 16.4. The van der Waals surface area contributed by atoms with Crippen molar-refractivity contribution in [3.63, 3.8) is 0 Å². The van der Waals surface area contributed by atoms with Crippen LogP contribution in [0.4, 0.5) is 5.82 Å². The molecule has 1 amide bonds. The Morgan fingerprint density at radius 1 is 1.33 bits per heavy atom. The predicted octanol–water partition coefficient (Wildman–Crippen LogP) is 1.38. The third kappa shape index (κ3) is 3.73. The van der Waals surface area contributed by atoms with Crippen LogP contribution in [0.25, 0.3) is 0 Å². The SMILES string of the molecule is Cc1noc(C)c1CC(=O)NCc1cccnc1N1CCOCC1. The number of pyridine rings is 1. The maximum Gasteiger partial charge on any atom is 0.224 e. The van der Waals surface area contributed by atoms with Gasteiger partial charge in [0.25, 0.3) is 0 Å². The smallest absolute Gasteiger partial charge is 0.224 e. The molecule has 0 unspecified atom stereocenters. The van der Waals surface area contributed by atoms with Gasteiger partial charge >= 0.3 is 0 Å². The molecular formula is C17H22N4O3. The van der Waals surface area contributed by atoms with Crippen LogP contribution < -0.4 is 10.2 Å². The van der Waals surface area contributed by atoms with Gasteiger partial charge < -0.3 is 19.5 Å². The number of amides is 1. The van der Waals surface area contributed by atoms with Crippen molar-refractivity contribution in [3.8, 4) is 0 Å². The number of nitrogens with one attached hydrogen (secondary N) is 1. The molecule has 0 aliphatic carbocycles. The zero-order valence-corrected chi connectivity index (χ0v) is 14.0. The molecule has 1 aliphatic heterocycles. The molecule has 0 aromatic carbocycles. The van der Waals surface area contributed by atoms with Gasteiger partial charge in [0.1, 0.15) is 11.6 Å². The molecule has 0 spiro atoms. The molecule has 0 atom stereocenters. The minimum atomic E-state index is -0.0545. The monoisotopic (exact) mass is 330 g/mol. The van der Waals surface area contributed by atoms with E-state index in [4.69, 9.17) is 9.26 Å². The number of rotatable bonds is 5. The molecule has 0 saturated carbocycles. The van der Waals surface area contributed by atoms with Gasteiger partial charge in [-0.05, 0) is 19.9 Å². The molecule has 0 radical (unpaired) electrons. The number of carbonyl (C=O) groups excluding carboxylic acids is 1. The summed E-state index contributed by atoms with van der Waals surface area (Å²) in [7, 11) is 0. The van der Waals surface area contributed by atoms with Gasteiger partial charge in [-0.25, -0.2) is 4.98 Å². The molecule has 2 aromatic heterocycles. The number of aryl methyl sites for hydroxylation is 2. The van der Waals surface area contributed by atoms with Gasteiger partial charge in [-0.1, -0.05) is 11.2 Å². The summed E-state index contributed by atoms with van der Waals surface area (Å²) in [4.78, 5) is 18.9. The summed E-state index contributed by atoms with van der Waals surface area (Å²) in [6.07, 6.45) is 2.05. The molecule has 7 heteroatoms. The molecule has 1 saturated heterocycles. The number of aromatic nitrogens is 2. The summed E-state index contributed by atoms with van der Waals surface area (Å²) in [5.41, 5.74) is 2.62. The van der Waals surface area contributed by atoms with E-state index >= 15 is 0 Å². The lowest BCUT2D eigenvalue weighted by atomic mass is 10.1. The lowest BCUT2D eigenvalue weighted by Crippen LogP contribution is -2.38. The molecule has 1 fully saturated rings. The first-order valence-corrected chi connectivity index (χ1v) is 8.10. The van der Waals surface area contributed by atoms with E-state index in [1.165, 1.54) is 0 Å². The number of hydrogen-bond acceptors (Lipinski definition) is 6. The van der Waals surface area contributed by atoms with Gasteiger partial charge in [0.2, 0.25) is 5.91 Å². The molecule has 1 aliphatic rings. The van der Waals surface area contributed by atoms with Crippen molar-refractivity contribution in [2.45, 2.75) is 26.8 Å². The van der Waals surface area contributed by atoms with Gasteiger partial charge in [-0.2, -0.15) is 0 Å². The van der Waals surface area contributed by atoms with Gasteiger partial charge in [-0.3, -0.25) is 4.79 Å². The molecule has 24 heavy (non-hydrogen) atoms. The Balaban J connectivity index is 1.63. The third-order valence-electron chi connectivity index (χ3n) is 4.17. The molecule has 3 rings (SSSR count). The normalized spacial score (nSPS) is 14.7. The van der Waals surface area contributed by atoms with Crippen molar-refractivity contribution in [1.29, 1.82) is 0 Å². The third-order valence-corrected chi connectivity index (χ3v) is 4.17. The Bertz CT molecular complexity index is 688. The van der Waals surface area contributed by atoms with Crippen LogP contribution in [0.3, 0.4) is 0 Å². The fourth-order valence-electron chi connectivity index (χ4n) is 2.80. The topological polar surface area (TPSA) is 80.5 Å².